The quantitative estimate of drug-likeness (QED) is 0.803. The third-order valence-corrected chi connectivity index (χ3v) is 4.04. The number of methoxy groups -OCH3 is 1. The summed E-state index contributed by atoms with van der Waals surface area (Å²) >= 11 is 6.32. The number of nitrogens with two attached hydrogens (primary N) is 1. The van der Waals surface area contributed by atoms with Crippen LogP contribution in [0, 0.1) is 0 Å². The Bertz CT molecular complexity index is 490. The van der Waals surface area contributed by atoms with E-state index in [1.807, 2.05) is 6.07 Å². The summed E-state index contributed by atoms with van der Waals surface area (Å²) in [5.74, 6) is -0.468. The third-order valence-electron chi connectivity index (χ3n) is 3.74. The summed E-state index contributed by atoms with van der Waals surface area (Å²) < 4.78 is 5.18. The van der Waals surface area contributed by atoms with Crippen LogP contribution in [0.3, 0.4) is 0 Å². The molecule has 0 aliphatic carbocycles. The average Bonchev–Trinajstić information content (AvgIpc) is 2.96. The lowest BCUT2D eigenvalue weighted by atomic mass is 10.1. The Labute approximate surface area is 130 Å². The number of anilines is 1. The summed E-state index contributed by atoms with van der Waals surface area (Å²) in [4.78, 5) is 13.4. The fraction of sp³-hybridized carbons (Fsp3) is 0.533. The number of ether oxygens (including phenoxy) is 1. The second kappa shape index (κ2) is 7.64. The van der Waals surface area contributed by atoms with Gasteiger partial charge in [0.25, 0.3) is 0 Å². The standard InChI is InChI=1S/C15H22ClN3O2/c1-21-8-7-19(10-12-3-2-6-18-12)14-5-4-11(15(17)20)9-13(14)16/h4-5,9,12,18H,2-3,6-8,10H2,1H3,(H2,17,20). The van der Waals surface area contributed by atoms with Gasteiger partial charge in [-0.2, -0.15) is 0 Å². The Hall–Kier alpha value is -1.30. The van der Waals surface area contributed by atoms with Crippen molar-refractivity contribution in [2.24, 2.45) is 5.73 Å². The molecule has 1 aliphatic rings. The lowest BCUT2D eigenvalue weighted by Gasteiger charge is -2.28. The van der Waals surface area contributed by atoms with Gasteiger partial charge in [-0.25, -0.2) is 0 Å². The van der Waals surface area contributed by atoms with Gasteiger partial charge < -0.3 is 20.7 Å². The number of amides is 1. The number of hydrogen-bond donors (Lipinski definition) is 2. The van der Waals surface area contributed by atoms with Crippen LogP contribution < -0.4 is 16.0 Å². The number of benzene rings is 1. The van der Waals surface area contributed by atoms with Gasteiger partial charge in [-0.05, 0) is 37.6 Å². The maximum absolute atomic E-state index is 11.2. The molecule has 1 fully saturated rings. The first kappa shape index (κ1) is 16.1. The van der Waals surface area contributed by atoms with Crippen LogP contribution in [0.5, 0.6) is 0 Å². The van der Waals surface area contributed by atoms with Gasteiger partial charge in [0, 0.05) is 31.8 Å². The summed E-state index contributed by atoms with van der Waals surface area (Å²) in [7, 11) is 1.68. The van der Waals surface area contributed by atoms with Crippen molar-refractivity contribution in [3.8, 4) is 0 Å². The Balaban J connectivity index is 2.16. The zero-order valence-corrected chi connectivity index (χ0v) is 13.0. The first-order chi connectivity index (χ1) is 10.1. The lowest BCUT2D eigenvalue weighted by molar-refractivity contribution is 0.100. The van der Waals surface area contributed by atoms with Crippen molar-refractivity contribution in [3.63, 3.8) is 0 Å². The van der Waals surface area contributed by atoms with Crippen molar-refractivity contribution < 1.29 is 9.53 Å². The van der Waals surface area contributed by atoms with E-state index in [1.165, 1.54) is 12.8 Å². The summed E-state index contributed by atoms with van der Waals surface area (Å²) in [6, 6.07) is 5.66. The molecule has 2 rings (SSSR count). The van der Waals surface area contributed by atoms with Gasteiger partial charge in [0.05, 0.1) is 17.3 Å². The van der Waals surface area contributed by atoms with E-state index in [9.17, 15) is 4.79 Å². The van der Waals surface area contributed by atoms with Crippen molar-refractivity contribution in [2.75, 3.05) is 38.3 Å². The molecule has 0 saturated carbocycles. The fourth-order valence-corrected chi connectivity index (χ4v) is 2.91. The van der Waals surface area contributed by atoms with Crippen molar-refractivity contribution in [2.45, 2.75) is 18.9 Å². The molecule has 0 radical (unpaired) electrons. The largest absolute Gasteiger partial charge is 0.383 e. The number of nitrogens with zero attached hydrogens (tertiary/aromatic N) is 1. The van der Waals surface area contributed by atoms with Crippen molar-refractivity contribution in [1.29, 1.82) is 0 Å². The van der Waals surface area contributed by atoms with E-state index >= 15 is 0 Å². The molecule has 1 aliphatic heterocycles. The third kappa shape index (κ3) is 4.33. The molecule has 6 heteroatoms. The fourth-order valence-electron chi connectivity index (χ4n) is 2.61. The van der Waals surface area contributed by atoms with E-state index < -0.39 is 5.91 Å². The topological polar surface area (TPSA) is 67.6 Å². The first-order valence-corrected chi connectivity index (χ1v) is 7.56. The SMILES string of the molecule is COCCN(CC1CCCN1)c1ccc(C(N)=O)cc1Cl. The van der Waals surface area contributed by atoms with Crippen LogP contribution in [-0.4, -0.2) is 45.3 Å². The van der Waals surface area contributed by atoms with Gasteiger partial charge in [-0.1, -0.05) is 11.6 Å². The molecule has 1 saturated heterocycles. The summed E-state index contributed by atoms with van der Waals surface area (Å²) in [6.07, 6.45) is 2.37. The smallest absolute Gasteiger partial charge is 0.248 e. The molecule has 5 nitrogen and oxygen atoms in total. The zero-order chi connectivity index (χ0) is 15.2. The van der Waals surface area contributed by atoms with Crippen LogP contribution in [0.15, 0.2) is 18.2 Å². The van der Waals surface area contributed by atoms with Gasteiger partial charge in [-0.3, -0.25) is 4.79 Å². The van der Waals surface area contributed by atoms with Crippen LogP contribution >= 0.6 is 11.6 Å². The van der Waals surface area contributed by atoms with Gasteiger partial charge in [-0.15, -0.1) is 0 Å². The Morgan fingerprint density at radius 1 is 1.57 bits per heavy atom. The molecular weight excluding hydrogens is 290 g/mol. The maximum atomic E-state index is 11.2. The first-order valence-electron chi connectivity index (χ1n) is 7.18. The summed E-state index contributed by atoms with van der Waals surface area (Å²) in [5.41, 5.74) is 6.61. The van der Waals surface area contributed by atoms with Gasteiger partial charge in [0.15, 0.2) is 0 Å². The lowest BCUT2D eigenvalue weighted by Crippen LogP contribution is -2.39. The molecule has 0 bridgehead atoms. The number of carbonyl (C=O) groups excluding carboxylic acids is 1. The Morgan fingerprint density at radius 3 is 2.95 bits per heavy atom. The predicted molar refractivity (Wildman–Crippen MR) is 85.1 cm³/mol. The highest BCUT2D eigenvalue weighted by molar-refractivity contribution is 6.33. The van der Waals surface area contributed by atoms with E-state index in [-0.39, 0.29) is 0 Å². The van der Waals surface area contributed by atoms with Crippen LogP contribution in [0.2, 0.25) is 5.02 Å². The molecule has 21 heavy (non-hydrogen) atoms. The minimum Gasteiger partial charge on any atom is -0.383 e. The maximum Gasteiger partial charge on any atom is 0.248 e. The number of carbonyl (C=O) groups is 1. The molecule has 1 unspecified atom stereocenters. The number of halogens is 1. The molecule has 1 heterocycles. The minimum atomic E-state index is -0.468. The van der Waals surface area contributed by atoms with Crippen LogP contribution in [-0.2, 0) is 4.74 Å². The predicted octanol–water partition coefficient (Wildman–Crippen LogP) is 1.64. The Kier molecular flexibility index (Phi) is 5.85. The monoisotopic (exact) mass is 311 g/mol. The Morgan fingerprint density at radius 2 is 2.38 bits per heavy atom. The molecular formula is C15H22ClN3O2. The van der Waals surface area contributed by atoms with Crippen molar-refractivity contribution in [3.05, 3.63) is 28.8 Å². The second-order valence-corrected chi connectivity index (χ2v) is 5.67. The minimum absolute atomic E-state index is 0.425. The van der Waals surface area contributed by atoms with Crippen molar-refractivity contribution >= 4 is 23.2 Å². The molecule has 0 spiro atoms. The molecule has 0 aromatic heterocycles. The van der Waals surface area contributed by atoms with Crippen LogP contribution in [0.25, 0.3) is 0 Å². The highest BCUT2D eigenvalue weighted by Gasteiger charge is 2.20. The number of primary amides is 1. The zero-order valence-electron chi connectivity index (χ0n) is 12.3. The molecule has 1 aromatic rings. The average molecular weight is 312 g/mol. The van der Waals surface area contributed by atoms with E-state index in [4.69, 9.17) is 22.1 Å². The van der Waals surface area contributed by atoms with E-state index in [0.29, 0.717) is 23.2 Å². The summed E-state index contributed by atoms with van der Waals surface area (Å²) in [6.45, 7) is 3.32. The normalized spacial score (nSPS) is 17.9. The molecule has 116 valence electrons. The molecule has 1 aromatic carbocycles. The van der Waals surface area contributed by atoms with Gasteiger partial charge >= 0.3 is 0 Å². The van der Waals surface area contributed by atoms with Crippen molar-refractivity contribution in [1.82, 2.24) is 5.32 Å². The number of hydrogen-bond acceptors (Lipinski definition) is 4. The summed E-state index contributed by atoms with van der Waals surface area (Å²) in [5, 5.41) is 4.02. The molecule has 3 N–H and O–H groups in total. The highest BCUT2D eigenvalue weighted by atomic mass is 35.5. The van der Waals surface area contributed by atoms with E-state index in [0.717, 1.165) is 25.3 Å². The number of rotatable bonds is 7. The molecule has 1 atom stereocenters. The van der Waals surface area contributed by atoms with Crippen LogP contribution in [0.1, 0.15) is 23.2 Å². The van der Waals surface area contributed by atoms with E-state index in [1.54, 1.807) is 19.2 Å². The number of nitrogens with one attached hydrogen (secondary N) is 1. The van der Waals surface area contributed by atoms with Gasteiger partial charge in [0.2, 0.25) is 5.91 Å². The van der Waals surface area contributed by atoms with Gasteiger partial charge in [0.1, 0.15) is 0 Å². The van der Waals surface area contributed by atoms with Crippen LogP contribution in [0.4, 0.5) is 5.69 Å². The highest BCUT2D eigenvalue weighted by Crippen LogP contribution is 2.27. The van der Waals surface area contributed by atoms with E-state index in [2.05, 4.69) is 10.2 Å². The molecule has 1 amide bonds. The second-order valence-electron chi connectivity index (χ2n) is 5.26.